The number of carbonyl (C=O) groups is 1. The van der Waals surface area contributed by atoms with Gasteiger partial charge in [-0.15, -0.1) is 0 Å². The van der Waals surface area contributed by atoms with E-state index in [4.69, 9.17) is 5.11 Å². The SMILES string of the molecule is O=C(O)c1cncnc1NCC1CCC(O)CC1. The molecule has 1 aliphatic rings. The summed E-state index contributed by atoms with van der Waals surface area (Å²) in [7, 11) is 0. The van der Waals surface area contributed by atoms with Crippen molar-refractivity contribution in [2.75, 3.05) is 11.9 Å². The largest absolute Gasteiger partial charge is 0.477 e. The van der Waals surface area contributed by atoms with Gasteiger partial charge in [0.2, 0.25) is 0 Å². The van der Waals surface area contributed by atoms with E-state index in [1.807, 2.05) is 0 Å². The third kappa shape index (κ3) is 3.16. The molecule has 1 saturated carbocycles. The van der Waals surface area contributed by atoms with Crippen molar-refractivity contribution < 1.29 is 15.0 Å². The summed E-state index contributed by atoms with van der Waals surface area (Å²) in [6, 6.07) is 0. The molecule has 98 valence electrons. The Hall–Kier alpha value is -1.69. The Kier molecular flexibility index (Phi) is 4.09. The number of carboxylic acid groups (broad SMARTS) is 1. The second-order valence-corrected chi connectivity index (χ2v) is 4.65. The van der Waals surface area contributed by atoms with Gasteiger partial charge in [0, 0.05) is 12.7 Å². The normalized spacial score (nSPS) is 23.6. The summed E-state index contributed by atoms with van der Waals surface area (Å²) in [5.41, 5.74) is 0.0911. The lowest BCUT2D eigenvalue weighted by Gasteiger charge is -2.25. The molecule has 18 heavy (non-hydrogen) atoms. The number of aliphatic hydroxyl groups excluding tert-OH is 1. The fourth-order valence-electron chi connectivity index (χ4n) is 2.22. The zero-order valence-corrected chi connectivity index (χ0v) is 10.0. The van der Waals surface area contributed by atoms with Gasteiger partial charge in [-0.1, -0.05) is 0 Å². The van der Waals surface area contributed by atoms with Gasteiger partial charge in [-0.3, -0.25) is 0 Å². The third-order valence-corrected chi connectivity index (χ3v) is 3.32. The Morgan fingerprint density at radius 2 is 2.11 bits per heavy atom. The van der Waals surface area contributed by atoms with Crippen LogP contribution in [0.4, 0.5) is 5.82 Å². The number of rotatable bonds is 4. The molecular weight excluding hydrogens is 234 g/mol. The molecule has 1 aromatic heterocycles. The second kappa shape index (κ2) is 5.77. The van der Waals surface area contributed by atoms with Crippen LogP contribution in [0.1, 0.15) is 36.0 Å². The van der Waals surface area contributed by atoms with Crippen LogP contribution in [0.2, 0.25) is 0 Å². The summed E-state index contributed by atoms with van der Waals surface area (Å²) >= 11 is 0. The summed E-state index contributed by atoms with van der Waals surface area (Å²) in [6.45, 7) is 0.685. The predicted molar refractivity (Wildman–Crippen MR) is 65.4 cm³/mol. The first-order valence-electron chi connectivity index (χ1n) is 6.12. The number of hydrogen-bond donors (Lipinski definition) is 3. The van der Waals surface area contributed by atoms with Crippen LogP contribution in [0.15, 0.2) is 12.5 Å². The molecule has 0 unspecified atom stereocenters. The van der Waals surface area contributed by atoms with Gasteiger partial charge in [-0.25, -0.2) is 14.8 Å². The number of aliphatic hydroxyl groups is 1. The molecule has 0 radical (unpaired) electrons. The number of anilines is 1. The third-order valence-electron chi connectivity index (χ3n) is 3.32. The molecule has 0 aromatic carbocycles. The number of nitrogens with one attached hydrogen (secondary N) is 1. The number of aromatic carboxylic acids is 1. The van der Waals surface area contributed by atoms with Crippen molar-refractivity contribution in [2.24, 2.45) is 5.92 Å². The van der Waals surface area contributed by atoms with Crippen molar-refractivity contribution in [3.63, 3.8) is 0 Å². The van der Waals surface area contributed by atoms with Gasteiger partial charge < -0.3 is 15.5 Å². The highest BCUT2D eigenvalue weighted by molar-refractivity contribution is 5.92. The minimum Gasteiger partial charge on any atom is -0.477 e. The molecule has 1 aromatic rings. The molecule has 3 N–H and O–H groups in total. The highest BCUT2D eigenvalue weighted by Gasteiger charge is 2.20. The molecule has 2 rings (SSSR count). The Morgan fingerprint density at radius 3 is 2.78 bits per heavy atom. The van der Waals surface area contributed by atoms with Crippen LogP contribution < -0.4 is 5.32 Å². The van der Waals surface area contributed by atoms with E-state index < -0.39 is 5.97 Å². The first-order chi connectivity index (χ1) is 8.66. The Bertz CT molecular complexity index is 417. The van der Waals surface area contributed by atoms with E-state index in [1.54, 1.807) is 0 Å². The molecule has 6 heteroatoms. The molecular formula is C12H17N3O3. The Labute approximate surface area is 105 Å². The Morgan fingerprint density at radius 1 is 1.39 bits per heavy atom. The van der Waals surface area contributed by atoms with Crippen LogP contribution >= 0.6 is 0 Å². The van der Waals surface area contributed by atoms with Crippen LogP contribution in [-0.4, -0.2) is 38.8 Å². The summed E-state index contributed by atoms with van der Waals surface area (Å²) in [6.07, 6.45) is 6.02. The Balaban J connectivity index is 1.92. The maximum Gasteiger partial charge on any atom is 0.341 e. The van der Waals surface area contributed by atoms with Crippen molar-refractivity contribution in [1.82, 2.24) is 9.97 Å². The predicted octanol–water partition coefficient (Wildman–Crippen LogP) is 1.14. The molecule has 0 spiro atoms. The maximum absolute atomic E-state index is 11.0. The lowest BCUT2D eigenvalue weighted by molar-refractivity contribution is 0.0697. The van der Waals surface area contributed by atoms with Crippen molar-refractivity contribution in [3.8, 4) is 0 Å². The van der Waals surface area contributed by atoms with E-state index >= 15 is 0 Å². The van der Waals surface area contributed by atoms with E-state index in [1.165, 1.54) is 12.5 Å². The quantitative estimate of drug-likeness (QED) is 0.742. The van der Waals surface area contributed by atoms with Crippen LogP contribution in [0.3, 0.4) is 0 Å². The molecule has 0 aliphatic heterocycles. The van der Waals surface area contributed by atoms with Crippen molar-refractivity contribution in [3.05, 3.63) is 18.1 Å². The zero-order valence-electron chi connectivity index (χ0n) is 10.0. The maximum atomic E-state index is 11.0. The molecule has 0 atom stereocenters. The number of hydrogen-bond acceptors (Lipinski definition) is 5. The average molecular weight is 251 g/mol. The summed E-state index contributed by atoms with van der Waals surface area (Å²) in [5.74, 6) is -0.203. The molecule has 0 bridgehead atoms. The summed E-state index contributed by atoms with van der Waals surface area (Å²) in [4.78, 5) is 18.6. The van der Waals surface area contributed by atoms with Crippen LogP contribution in [0.25, 0.3) is 0 Å². The van der Waals surface area contributed by atoms with Gasteiger partial charge >= 0.3 is 5.97 Å². The van der Waals surface area contributed by atoms with E-state index in [0.717, 1.165) is 25.7 Å². The highest BCUT2D eigenvalue weighted by atomic mass is 16.4. The van der Waals surface area contributed by atoms with Crippen LogP contribution in [-0.2, 0) is 0 Å². The molecule has 0 saturated heterocycles. The molecule has 1 aliphatic carbocycles. The van der Waals surface area contributed by atoms with Crippen LogP contribution in [0, 0.1) is 5.92 Å². The van der Waals surface area contributed by atoms with E-state index in [-0.39, 0.29) is 11.7 Å². The first-order valence-corrected chi connectivity index (χ1v) is 6.12. The number of carboxylic acids is 1. The van der Waals surface area contributed by atoms with Crippen molar-refractivity contribution >= 4 is 11.8 Å². The van der Waals surface area contributed by atoms with Gasteiger partial charge in [0.25, 0.3) is 0 Å². The number of aromatic nitrogens is 2. The smallest absolute Gasteiger partial charge is 0.341 e. The minimum absolute atomic E-state index is 0.0911. The molecule has 1 fully saturated rings. The first kappa shape index (κ1) is 12.8. The van der Waals surface area contributed by atoms with E-state index in [2.05, 4.69) is 15.3 Å². The van der Waals surface area contributed by atoms with Gasteiger partial charge in [0.15, 0.2) is 0 Å². The zero-order chi connectivity index (χ0) is 13.0. The van der Waals surface area contributed by atoms with Crippen molar-refractivity contribution in [2.45, 2.75) is 31.8 Å². The fourth-order valence-corrected chi connectivity index (χ4v) is 2.22. The van der Waals surface area contributed by atoms with E-state index in [0.29, 0.717) is 18.3 Å². The summed E-state index contributed by atoms with van der Waals surface area (Å²) in [5, 5.41) is 21.5. The molecule has 0 amide bonds. The van der Waals surface area contributed by atoms with Gasteiger partial charge in [-0.05, 0) is 31.6 Å². The monoisotopic (exact) mass is 251 g/mol. The molecule has 6 nitrogen and oxygen atoms in total. The van der Waals surface area contributed by atoms with Crippen molar-refractivity contribution in [1.29, 1.82) is 0 Å². The van der Waals surface area contributed by atoms with Gasteiger partial charge in [-0.2, -0.15) is 0 Å². The van der Waals surface area contributed by atoms with E-state index in [9.17, 15) is 9.90 Å². The lowest BCUT2D eigenvalue weighted by Crippen LogP contribution is -2.24. The van der Waals surface area contributed by atoms with Crippen LogP contribution in [0.5, 0.6) is 0 Å². The topological polar surface area (TPSA) is 95.3 Å². The average Bonchev–Trinajstić information content (AvgIpc) is 2.38. The minimum atomic E-state index is -1.03. The van der Waals surface area contributed by atoms with Gasteiger partial charge in [0.05, 0.1) is 6.10 Å². The second-order valence-electron chi connectivity index (χ2n) is 4.65. The fraction of sp³-hybridized carbons (Fsp3) is 0.583. The number of nitrogens with zero attached hydrogens (tertiary/aromatic N) is 2. The standard InChI is InChI=1S/C12H17N3O3/c16-9-3-1-8(2-4-9)5-14-11-10(12(17)18)6-13-7-15-11/h6-9,16H,1-5H2,(H,17,18)(H,13,14,15). The molecule has 1 heterocycles. The van der Waals surface area contributed by atoms with Gasteiger partial charge in [0.1, 0.15) is 17.7 Å². The summed E-state index contributed by atoms with van der Waals surface area (Å²) < 4.78 is 0. The lowest BCUT2D eigenvalue weighted by atomic mass is 9.87. The highest BCUT2D eigenvalue weighted by Crippen LogP contribution is 2.24.